The summed E-state index contributed by atoms with van der Waals surface area (Å²) < 4.78 is 0. The number of carbonyl (C=O) groups excluding carboxylic acids is 3. The molecule has 5 nitrogen and oxygen atoms in total. The van der Waals surface area contributed by atoms with E-state index in [0.717, 1.165) is 5.56 Å². The van der Waals surface area contributed by atoms with Crippen LogP contribution in [-0.2, 0) is 6.54 Å². The van der Waals surface area contributed by atoms with Crippen molar-refractivity contribution in [3.63, 3.8) is 0 Å². The van der Waals surface area contributed by atoms with Crippen LogP contribution in [-0.4, -0.2) is 17.6 Å². The van der Waals surface area contributed by atoms with Gasteiger partial charge in [-0.05, 0) is 61.0 Å². The van der Waals surface area contributed by atoms with Crippen LogP contribution in [0, 0.1) is 0 Å². The number of hydrogen-bond donors (Lipinski definition) is 2. The summed E-state index contributed by atoms with van der Waals surface area (Å²) in [6, 6.07) is 22.8. The molecule has 2 N–H and O–H groups in total. The average molecular weight is 372 g/mol. The van der Waals surface area contributed by atoms with E-state index in [1.165, 1.54) is 6.92 Å². The number of amides is 2. The van der Waals surface area contributed by atoms with Crippen molar-refractivity contribution < 1.29 is 14.4 Å². The first-order valence-electron chi connectivity index (χ1n) is 8.87. The van der Waals surface area contributed by atoms with E-state index in [4.69, 9.17) is 0 Å². The molecule has 0 saturated carbocycles. The van der Waals surface area contributed by atoms with E-state index in [9.17, 15) is 14.4 Å². The summed E-state index contributed by atoms with van der Waals surface area (Å²) >= 11 is 0. The highest BCUT2D eigenvalue weighted by Gasteiger charge is 2.10. The Morgan fingerprint density at radius 3 is 1.79 bits per heavy atom. The van der Waals surface area contributed by atoms with Gasteiger partial charge in [-0.1, -0.05) is 30.3 Å². The number of Topliss-reactive ketones (excluding diaryl/α,β-unsaturated/α-hetero) is 1. The third kappa shape index (κ3) is 4.92. The average Bonchev–Trinajstić information content (AvgIpc) is 2.73. The quantitative estimate of drug-likeness (QED) is 0.641. The van der Waals surface area contributed by atoms with Crippen molar-refractivity contribution in [1.29, 1.82) is 0 Å². The lowest BCUT2D eigenvalue weighted by Crippen LogP contribution is -2.22. The second-order valence-electron chi connectivity index (χ2n) is 6.33. The number of anilines is 1. The smallest absolute Gasteiger partial charge is 0.255 e. The number of benzene rings is 3. The summed E-state index contributed by atoms with van der Waals surface area (Å²) in [5.41, 5.74) is 3.12. The Labute approximate surface area is 163 Å². The number of hydrogen-bond acceptors (Lipinski definition) is 3. The maximum Gasteiger partial charge on any atom is 0.255 e. The molecule has 5 heteroatoms. The SMILES string of the molecule is CC(=O)c1ccc(NC(=O)c2ccc(C(=O)NCc3ccccc3)cc2)cc1. The van der Waals surface area contributed by atoms with E-state index in [0.29, 0.717) is 28.9 Å². The van der Waals surface area contributed by atoms with Crippen molar-refractivity contribution in [3.8, 4) is 0 Å². The van der Waals surface area contributed by atoms with Gasteiger partial charge in [-0.25, -0.2) is 0 Å². The Bertz CT molecular complexity index is 979. The van der Waals surface area contributed by atoms with Gasteiger partial charge in [-0.2, -0.15) is 0 Å². The summed E-state index contributed by atoms with van der Waals surface area (Å²) in [5, 5.41) is 5.62. The van der Waals surface area contributed by atoms with E-state index >= 15 is 0 Å². The molecule has 3 rings (SSSR count). The van der Waals surface area contributed by atoms with Gasteiger partial charge in [0, 0.05) is 28.9 Å². The summed E-state index contributed by atoms with van der Waals surface area (Å²) in [5.74, 6) is -0.513. The van der Waals surface area contributed by atoms with Crippen LogP contribution in [0.3, 0.4) is 0 Å². The molecule has 0 spiro atoms. The van der Waals surface area contributed by atoms with Crippen LogP contribution in [0.1, 0.15) is 43.6 Å². The highest BCUT2D eigenvalue weighted by Crippen LogP contribution is 2.13. The molecule has 2 amide bonds. The van der Waals surface area contributed by atoms with Gasteiger partial charge in [0.2, 0.25) is 0 Å². The first kappa shape index (κ1) is 19.0. The minimum absolute atomic E-state index is 0.0287. The van der Waals surface area contributed by atoms with Gasteiger partial charge >= 0.3 is 0 Å². The third-order valence-corrected chi connectivity index (χ3v) is 4.25. The van der Waals surface area contributed by atoms with Crippen molar-refractivity contribution in [2.45, 2.75) is 13.5 Å². The third-order valence-electron chi connectivity index (χ3n) is 4.25. The first-order valence-corrected chi connectivity index (χ1v) is 8.87. The molecule has 0 aromatic heterocycles. The molecule has 0 unspecified atom stereocenters. The maximum absolute atomic E-state index is 12.3. The summed E-state index contributed by atoms with van der Waals surface area (Å²) in [4.78, 5) is 35.9. The zero-order valence-corrected chi connectivity index (χ0v) is 15.4. The van der Waals surface area contributed by atoms with Crippen LogP contribution in [0.4, 0.5) is 5.69 Å². The van der Waals surface area contributed by atoms with E-state index in [1.54, 1.807) is 48.5 Å². The fourth-order valence-corrected chi connectivity index (χ4v) is 2.64. The largest absolute Gasteiger partial charge is 0.348 e. The van der Waals surface area contributed by atoms with Gasteiger partial charge in [0.25, 0.3) is 11.8 Å². The zero-order valence-electron chi connectivity index (χ0n) is 15.4. The van der Waals surface area contributed by atoms with E-state index in [-0.39, 0.29) is 17.6 Å². The van der Waals surface area contributed by atoms with Gasteiger partial charge in [0.1, 0.15) is 0 Å². The maximum atomic E-state index is 12.3. The monoisotopic (exact) mass is 372 g/mol. The summed E-state index contributed by atoms with van der Waals surface area (Å²) in [6.07, 6.45) is 0. The normalized spacial score (nSPS) is 10.2. The second-order valence-corrected chi connectivity index (χ2v) is 6.33. The van der Waals surface area contributed by atoms with Crippen LogP contribution in [0.25, 0.3) is 0 Å². The van der Waals surface area contributed by atoms with E-state index < -0.39 is 0 Å². The minimum atomic E-state index is -0.285. The van der Waals surface area contributed by atoms with Crippen molar-refractivity contribution >= 4 is 23.3 Å². The standard InChI is InChI=1S/C23H20N2O3/c1-16(26)18-11-13-21(14-12-18)25-23(28)20-9-7-19(8-10-20)22(27)24-15-17-5-3-2-4-6-17/h2-14H,15H2,1H3,(H,24,27)(H,25,28). The van der Waals surface area contributed by atoms with Gasteiger partial charge in [-0.3, -0.25) is 14.4 Å². The number of ketones is 1. The topological polar surface area (TPSA) is 75.3 Å². The zero-order chi connectivity index (χ0) is 19.9. The highest BCUT2D eigenvalue weighted by molar-refractivity contribution is 6.05. The molecular formula is C23H20N2O3. The molecule has 0 radical (unpaired) electrons. The number of rotatable bonds is 6. The van der Waals surface area contributed by atoms with Gasteiger partial charge in [0.05, 0.1) is 0 Å². The molecule has 0 bridgehead atoms. The molecule has 0 heterocycles. The van der Waals surface area contributed by atoms with Crippen LogP contribution >= 0.6 is 0 Å². The van der Waals surface area contributed by atoms with Crippen LogP contribution < -0.4 is 10.6 Å². The van der Waals surface area contributed by atoms with Gasteiger partial charge < -0.3 is 10.6 Å². The Morgan fingerprint density at radius 2 is 1.21 bits per heavy atom. The Morgan fingerprint density at radius 1 is 0.679 bits per heavy atom. The molecule has 3 aromatic rings. The predicted molar refractivity (Wildman–Crippen MR) is 108 cm³/mol. The summed E-state index contributed by atoms with van der Waals surface area (Å²) in [6.45, 7) is 1.93. The molecule has 0 aliphatic heterocycles. The van der Waals surface area contributed by atoms with Gasteiger partial charge in [0.15, 0.2) is 5.78 Å². The molecule has 140 valence electrons. The van der Waals surface area contributed by atoms with Crippen LogP contribution in [0.5, 0.6) is 0 Å². The fourth-order valence-electron chi connectivity index (χ4n) is 2.64. The molecule has 0 saturated heterocycles. The van der Waals surface area contributed by atoms with E-state index in [2.05, 4.69) is 10.6 Å². The van der Waals surface area contributed by atoms with Crippen LogP contribution in [0.15, 0.2) is 78.9 Å². The van der Waals surface area contributed by atoms with E-state index in [1.807, 2.05) is 30.3 Å². The Hall–Kier alpha value is -3.73. The number of carbonyl (C=O) groups is 3. The van der Waals surface area contributed by atoms with Crippen molar-refractivity contribution in [2.24, 2.45) is 0 Å². The molecule has 28 heavy (non-hydrogen) atoms. The molecule has 0 atom stereocenters. The molecular weight excluding hydrogens is 352 g/mol. The lowest BCUT2D eigenvalue weighted by atomic mass is 10.1. The Kier molecular flexibility index (Phi) is 5.97. The predicted octanol–water partition coefficient (Wildman–Crippen LogP) is 4.07. The summed E-state index contributed by atoms with van der Waals surface area (Å²) in [7, 11) is 0. The lowest BCUT2D eigenvalue weighted by molar-refractivity contribution is 0.0948. The Balaban J connectivity index is 1.59. The highest BCUT2D eigenvalue weighted by atomic mass is 16.2. The number of nitrogens with one attached hydrogen (secondary N) is 2. The molecule has 0 aliphatic carbocycles. The van der Waals surface area contributed by atoms with Crippen molar-refractivity contribution in [2.75, 3.05) is 5.32 Å². The first-order chi connectivity index (χ1) is 13.5. The van der Waals surface area contributed by atoms with Crippen molar-refractivity contribution in [1.82, 2.24) is 5.32 Å². The van der Waals surface area contributed by atoms with Crippen LogP contribution in [0.2, 0.25) is 0 Å². The second kappa shape index (κ2) is 8.77. The van der Waals surface area contributed by atoms with Gasteiger partial charge in [-0.15, -0.1) is 0 Å². The van der Waals surface area contributed by atoms with Crippen molar-refractivity contribution in [3.05, 3.63) is 101 Å². The minimum Gasteiger partial charge on any atom is -0.348 e. The molecule has 0 aliphatic rings. The lowest BCUT2D eigenvalue weighted by Gasteiger charge is -2.08. The fraction of sp³-hybridized carbons (Fsp3) is 0.0870. The molecule has 0 fully saturated rings. The molecule has 3 aromatic carbocycles.